The molecule has 2 atom stereocenters. The maximum atomic E-state index is 12.9. The van der Waals surface area contributed by atoms with E-state index in [0.717, 1.165) is 29.7 Å². The third-order valence-electron chi connectivity index (χ3n) is 5.77. The fraction of sp³-hybridized carbons (Fsp3) is 0.273. The first kappa shape index (κ1) is 16.6. The van der Waals surface area contributed by atoms with E-state index < -0.39 is 0 Å². The largest absolute Gasteiger partial charge is 0.347 e. The van der Waals surface area contributed by atoms with Crippen LogP contribution >= 0.6 is 11.6 Å². The Bertz CT molecular complexity index is 994. The van der Waals surface area contributed by atoms with Crippen molar-refractivity contribution in [3.8, 4) is 5.69 Å². The second-order valence-corrected chi connectivity index (χ2v) is 7.85. The predicted molar refractivity (Wildman–Crippen MR) is 106 cm³/mol. The van der Waals surface area contributed by atoms with E-state index in [1.54, 1.807) is 0 Å². The van der Waals surface area contributed by atoms with Crippen LogP contribution in [0.2, 0.25) is 5.02 Å². The van der Waals surface area contributed by atoms with Crippen LogP contribution < -0.4 is 5.32 Å². The van der Waals surface area contributed by atoms with E-state index in [9.17, 15) is 4.79 Å². The number of nitrogens with zero attached hydrogens (tertiary/aromatic N) is 2. The van der Waals surface area contributed by atoms with Crippen molar-refractivity contribution in [2.75, 3.05) is 0 Å². The van der Waals surface area contributed by atoms with Gasteiger partial charge in [-0.15, -0.1) is 0 Å². The van der Waals surface area contributed by atoms with Crippen molar-refractivity contribution in [1.29, 1.82) is 0 Å². The van der Waals surface area contributed by atoms with Crippen molar-refractivity contribution in [1.82, 2.24) is 15.1 Å². The molecule has 136 valence electrons. The molecule has 1 N–H and O–H groups in total. The molecule has 2 bridgehead atoms. The second-order valence-electron chi connectivity index (χ2n) is 7.41. The highest BCUT2D eigenvalue weighted by atomic mass is 35.5. The summed E-state index contributed by atoms with van der Waals surface area (Å²) in [6, 6.07) is 17.6. The zero-order valence-electron chi connectivity index (χ0n) is 14.9. The molecule has 27 heavy (non-hydrogen) atoms. The Balaban J connectivity index is 1.50. The number of carbonyl (C=O) groups excluding carboxylic acids is 1. The lowest BCUT2D eigenvalue weighted by Crippen LogP contribution is -2.24. The zero-order chi connectivity index (χ0) is 18.4. The summed E-state index contributed by atoms with van der Waals surface area (Å²) in [5.41, 5.74) is 5.01. The number of aromatic nitrogens is 2. The quantitative estimate of drug-likeness (QED) is 0.708. The third-order valence-corrected chi connectivity index (χ3v) is 6.02. The smallest absolute Gasteiger partial charge is 0.272 e. The van der Waals surface area contributed by atoms with Crippen molar-refractivity contribution in [2.24, 2.45) is 0 Å². The lowest BCUT2D eigenvalue weighted by atomic mass is 9.95. The molecule has 1 saturated carbocycles. The third kappa shape index (κ3) is 2.85. The first-order chi connectivity index (χ1) is 13.2. The number of benzene rings is 2. The SMILES string of the molecule is O=C(NCc1ccccc1)c1nn(-c2ccc(Cl)cc2)c2c1C1CCC2C1. The average Bonchev–Trinajstić information content (AvgIpc) is 3.40. The molecule has 5 rings (SSSR count). The Morgan fingerprint density at radius 1 is 1.07 bits per heavy atom. The Kier molecular flexibility index (Phi) is 4.01. The van der Waals surface area contributed by atoms with Crippen LogP contribution in [0.25, 0.3) is 5.69 Å². The summed E-state index contributed by atoms with van der Waals surface area (Å²) in [6.07, 6.45) is 3.48. The van der Waals surface area contributed by atoms with Gasteiger partial charge in [0.2, 0.25) is 0 Å². The molecule has 4 nitrogen and oxygen atoms in total. The van der Waals surface area contributed by atoms with E-state index in [2.05, 4.69) is 5.32 Å². The van der Waals surface area contributed by atoms with Gasteiger partial charge in [0.05, 0.1) is 11.4 Å². The fourth-order valence-electron chi connectivity index (χ4n) is 4.54. The first-order valence-electron chi connectivity index (χ1n) is 9.41. The molecule has 1 fully saturated rings. The van der Waals surface area contributed by atoms with Crippen LogP contribution in [0.5, 0.6) is 0 Å². The molecule has 1 amide bonds. The van der Waals surface area contributed by atoms with Gasteiger partial charge in [0.1, 0.15) is 0 Å². The van der Waals surface area contributed by atoms with Gasteiger partial charge < -0.3 is 5.32 Å². The number of hydrogen-bond acceptors (Lipinski definition) is 2. The Labute approximate surface area is 163 Å². The standard InChI is InChI=1S/C22H20ClN3O/c23-17-8-10-18(11-9-17)26-21-16-7-6-15(12-16)19(21)20(25-26)22(27)24-13-14-4-2-1-3-5-14/h1-5,8-11,15-16H,6-7,12-13H2,(H,24,27). The van der Waals surface area contributed by atoms with Crippen molar-refractivity contribution in [2.45, 2.75) is 37.6 Å². The summed E-state index contributed by atoms with van der Waals surface area (Å²) < 4.78 is 1.97. The summed E-state index contributed by atoms with van der Waals surface area (Å²) >= 11 is 6.04. The molecule has 2 aliphatic rings. The van der Waals surface area contributed by atoms with Crippen molar-refractivity contribution >= 4 is 17.5 Å². The maximum absolute atomic E-state index is 12.9. The van der Waals surface area contributed by atoms with Crippen molar-refractivity contribution in [3.05, 3.63) is 82.1 Å². The molecule has 2 aliphatic carbocycles. The number of carbonyl (C=O) groups is 1. The van der Waals surface area contributed by atoms with Crippen LogP contribution in [0.3, 0.4) is 0 Å². The highest BCUT2D eigenvalue weighted by molar-refractivity contribution is 6.30. The van der Waals surface area contributed by atoms with Crippen LogP contribution in [-0.2, 0) is 6.54 Å². The summed E-state index contributed by atoms with van der Waals surface area (Å²) in [7, 11) is 0. The van der Waals surface area contributed by atoms with Gasteiger partial charge in [0, 0.05) is 23.0 Å². The number of hydrogen-bond donors (Lipinski definition) is 1. The van der Waals surface area contributed by atoms with E-state index in [1.165, 1.54) is 12.1 Å². The van der Waals surface area contributed by atoms with Gasteiger partial charge in [0.15, 0.2) is 5.69 Å². The Hall–Kier alpha value is -2.59. The van der Waals surface area contributed by atoms with E-state index in [4.69, 9.17) is 16.7 Å². The number of nitrogens with one attached hydrogen (secondary N) is 1. The lowest BCUT2D eigenvalue weighted by molar-refractivity contribution is 0.0944. The fourth-order valence-corrected chi connectivity index (χ4v) is 4.67. The molecule has 3 aromatic rings. The van der Waals surface area contributed by atoms with E-state index in [1.807, 2.05) is 59.3 Å². The Morgan fingerprint density at radius 2 is 1.81 bits per heavy atom. The van der Waals surface area contributed by atoms with E-state index >= 15 is 0 Å². The van der Waals surface area contributed by atoms with Crippen molar-refractivity contribution < 1.29 is 4.79 Å². The van der Waals surface area contributed by atoms with Gasteiger partial charge in [0.25, 0.3) is 5.91 Å². The highest BCUT2D eigenvalue weighted by Gasteiger charge is 2.44. The lowest BCUT2D eigenvalue weighted by Gasteiger charge is -2.14. The molecular formula is C22H20ClN3O. The topological polar surface area (TPSA) is 46.9 Å². The minimum atomic E-state index is -0.0876. The monoisotopic (exact) mass is 377 g/mol. The van der Waals surface area contributed by atoms with Crippen LogP contribution in [0.15, 0.2) is 54.6 Å². The molecule has 5 heteroatoms. The zero-order valence-corrected chi connectivity index (χ0v) is 15.6. The molecule has 2 unspecified atom stereocenters. The van der Waals surface area contributed by atoms with E-state index in [0.29, 0.717) is 29.1 Å². The predicted octanol–water partition coefficient (Wildman–Crippen LogP) is 4.82. The second kappa shape index (κ2) is 6.54. The first-order valence-corrected chi connectivity index (χ1v) is 9.79. The van der Waals surface area contributed by atoms with Crippen LogP contribution in [0, 0.1) is 0 Å². The van der Waals surface area contributed by atoms with Crippen LogP contribution in [-0.4, -0.2) is 15.7 Å². The maximum Gasteiger partial charge on any atom is 0.272 e. The summed E-state index contributed by atoms with van der Waals surface area (Å²) in [6.45, 7) is 0.510. The van der Waals surface area contributed by atoms with Gasteiger partial charge >= 0.3 is 0 Å². The number of fused-ring (bicyclic) bond motifs is 5. The molecule has 1 aromatic heterocycles. The summed E-state index contributed by atoms with van der Waals surface area (Å²) in [5, 5.41) is 8.49. The van der Waals surface area contributed by atoms with Gasteiger partial charge in [-0.1, -0.05) is 41.9 Å². The molecule has 0 spiro atoms. The summed E-state index contributed by atoms with van der Waals surface area (Å²) in [5.74, 6) is 0.878. The van der Waals surface area contributed by atoms with Gasteiger partial charge in [-0.25, -0.2) is 4.68 Å². The molecular weight excluding hydrogens is 358 g/mol. The number of amides is 1. The van der Waals surface area contributed by atoms with E-state index in [-0.39, 0.29) is 5.91 Å². The minimum Gasteiger partial charge on any atom is -0.347 e. The minimum absolute atomic E-state index is 0.0876. The normalized spacial score (nSPS) is 19.9. The Morgan fingerprint density at radius 3 is 2.59 bits per heavy atom. The van der Waals surface area contributed by atoms with Gasteiger partial charge in [-0.05, 0) is 55.0 Å². The van der Waals surface area contributed by atoms with Gasteiger partial charge in [-0.2, -0.15) is 5.10 Å². The van der Waals surface area contributed by atoms with Crippen LogP contribution in [0.4, 0.5) is 0 Å². The van der Waals surface area contributed by atoms with Crippen molar-refractivity contribution in [3.63, 3.8) is 0 Å². The average molecular weight is 378 g/mol. The number of rotatable bonds is 4. The summed E-state index contributed by atoms with van der Waals surface area (Å²) in [4.78, 5) is 12.9. The molecule has 0 saturated heterocycles. The molecule has 2 aromatic carbocycles. The number of halogens is 1. The molecule has 0 radical (unpaired) electrons. The highest BCUT2D eigenvalue weighted by Crippen LogP contribution is 2.54. The molecule has 0 aliphatic heterocycles. The van der Waals surface area contributed by atoms with Crippen LogP contribution in [0.1, 0.15) is 58.4 Å². The molecule has 1 heterocycles. The van der Waals surface area contributed by atoms with Gasteiger partial charge in [-0.3, -0.25) is 4.79 Å².